The Labute approximate surface area is 191 Å². The summed E-state index contributed by atoms with van der Waals surface area (Å²) in [5.41, 5.74) is 4.96. The van der Waals surface area contributed by atoms with Crippen molar-refractivity contribution in [3.63, 3.8) is 0 Å². The van der Waals surface area contributed by atoms with Gasteiger partial charge in [-0.15, -0.1) is 0 Å². The molecular formula is C26H27FN2O4. The molecule has 172 valence electrons. The van der Waals surface area contributed by atoms with E-state index in [-0.39, 0.29) is 30.2 Å². The number of methoxy groups -OCH3 is 1. The van der Waals surface area contributed by atoms with E-state index in [0.29, 0.717) is 19.3 Å². The molecule has 2 N–H and O–H groups in total. The number of ether oxygens (including phenoxy) is 1. The number of aromatic nitrogens is 1. The minimum atomic E-state index is -0.928. The van der Waals surface area contributed by atoms with Crippen LogP contribution in [-0.4, -0.2) is 34.7 Å². The normalized spacial score (nSPS) is 19.6. The van der Waals surface area contributed by atoms with E-state index in [9.17, 15) is 19.1 Å². The van der Waals surface area contributed by atoms with Crippen LogP contribution in [0.1, 0.15) is 35.2 Å². The second-order valence-electron chi connectivity index (χ2n) is 9.05. The van der Waals surface area contributed by atoms with Gasteiger partial charge in [-0.3, -0.25) is 9.59 Å². The zero-order valence-electron chi connectivity index (χ0n) is 18.6. The average molecular weight is 451 g/mol. The molecule has 0 spiro atoms. The second-order valence-corrected chi connectivity index (χ2v) is 9.05. The van der Waals surface area contributed by atoms with Crippen molar-refractivity contribution in [2.45, 2.75) is 51.1 Å². The van der Waals surface area contributed by atoms with Crippen LogP contribution in [0.3, 0.4) is 0 Å². The summed E-state index contributed by atoms with van der Waals surface area (Å²) < 4.78 is 21.3. The van der Waals surface area contributed by atoms with Gasteiger partial charge in [-0.05, 0) is 79.5 Å². The van der Waals surface area contributed by atoms with Gasteiger partial charge in [0.05, 0.1) is 7.11 Å². The maximum atomic E-state index is 14.0. The van der Waals surface area contributed by atoms with Crippen molar-refractivity contribution >= 4 is 22.8 Å². The van der Waals surface area contributed by atoms with Gasteiger partial charge >= 0.3 is 5.97 Å². The predicted octanol–water partition coefficient (Wildman–Crippen LogP) is 3.65. The fraction of sp³-hybridized carbons (Fsp3) is 0.385. The molecule has 2 aliphatic carbocycles. The number of halogens is 1. The van der Waals surface area contributed by atoms with Gasteiger partial charge in [-0.25, -0.2) is 4.39 Å². The number of carboxylic acids is 1. The first-order chi connectivity index (χ1) is 15.9. The molecule has 5 rings (SSSR count). The van der Waals surface area contributed by atoms with Gasteiger partial charge in [0.1, 0.15) is 18.1 Å². The van der Waals surface area contributed by atoms with Gasteiger partial charge in [0, 0.05) is 28.6 Å². The third kappa shape index (κ3) is 3.96. The Balaban J connectivity index is 1.36. The largest absolute Gasteiger partial charge is 0.496 e. The number of hydrogen-bond acceptors (Lipinski definition) is 3. The molecule has 0 radical (unpaired) electrons. The Kier molecular flexibility index (Phi) is 5.56. The first-order valence-electron chi connectivity index (χ1n) is 11.4. The smallest absolute Gasteiger partial charge is 0.323 e. The number of rotatable bonds is 5. The lowest BCUT2D eigenvalue weighted by atomic mass is 9.82. The van der Waals surface area contributed by atoms with Gasteiger partial charge in [0.15, 0.2) is 0 Å². The minimum absolute atomic E-state index is 0.0421. The molecule has 1 heterocycles. The van der Waals surface area contributed by atoms with Crippen LogP contribution in [0.25, 0.3) is 10.9 Å². The van der Waals surface area contributed by atoms with Crippen molar-refractivity contribution in [3.8, 4) is 5.75 Å². The Morgan fingerprint density at radius 3 is 2.79 bits per heavy atom. The van der Waals surface area contributed by atoms with E-state index in [1.807, 2.05) is 12.1 Å². The highest BCUT2D eigenvalue weighted by molar-refractivity contribution is 5.87. The number of carboxylic acid groups (broad SMARTS) is 1. The summed E-state index contributed by atoms with van der Waals surface area (Å²) >= 11 is 0. The van der Waals surface area contributed by atoms with Crippen molar-refractivity contribution < 1.29 is 23.8 Å². The quantitative estimate of drug-likeness (QED) is 0.622. The number of benzene rings is 2. The molecule has 2 aliphatic rings. The molecule has 0 unspecified atom stereocenters. The summed E-state index contributed by atoms with van der Waals surface area (Å²) in [6, 6.07) is 10.4. The van der Waals surface area contributed by atoms with E-state index in [0.717, 1.165) is 52.7 Å². The SMILES string of the molecule is COc1cccc2c1C[C@@H](C(=O)N[C@H]1CCc3c(c4cc(F)ccc4n3CC(=O)O)C1)CC2. The molecule has 3 aromatic rings. The standard InChI is InChI=1S/C26H27FN2O4/c1-33-24-4-2-3-15-5-6-16(11-19(15)24)26(32)28-18-8-10-23-21(13-18)20-12-17(27)7-9-22(20)29(23)14-25(30)31/h2-4,7,9,12,16,18H,5-6,8,10-11,13-14H2,1H3,(H,28,32)(H,30,31)/t16-,18-/m0/s1. The average Bonchev–Trinajstić information content (AvgIpc) is 3.09. The lowest BCUT2D eigenvalue weighted by Crippen LogP contribution is -2.43. The fourth-order valence-electron chi connectivity index (χ4n) is 5.55. The molecule has 0 saturated carbocycles. The third-order valence-electron chi connectivity index (χ3n) is 7.10. The van der Waals surface area contributed by atoms with E-state index in [2.05, 4.69) is 11.4 Å². The zero-order valence-corrected chi connectivity index (χ0v) is 18.6. The lowest BCUT2D eigenvalue weighted by molar-refractivity contribution is -0.137. The van der Waals surface area contributed by atoms with Gasteiger partial charge < -0.3 is 19.7 Å². The van der Waals surface area contributed by atoms with Crippen molar-refractivity contribution in [2.75, 3.05) is 7.11 Å². The number of amides is 1. The molecule has 0 saturated heterocycles. The number of nitrogens with one attached hydrogen (secondary N) is 1. The monoisotopic (exact) mass is 450 g/mol. The number of nitrogens with zero attached hydrogens (tertiary/aromatic N) is 1. The molecule has 1 aromatic heterocycles. The summed E-state index contributed by atoms with van der Waals surface area (Å²) in [7, 11) is 1.66. The minimum Gasteiger partial charge on any atom is -0.496 e. The van der Waals surface area contributed by atoms with Crippen LogP contribution in [0.2, 0.25) is 0 Å². The van der Waals surface area contributed by atoms with Crippen molar-refractivity contribution in [1.29, 1.82) is 0 Å². The molecule has 2 atom stereocenters. The Hall–Kier alpha value is -3.35. The maximum absolute atomic E-state index is 14.0. The highest BCUT2D eigenvalue weighted by Gasteiger charge is 2.31. The van der Waals surface area contributed by atoms with Crippen molar-refractivity contribution in [2.24, 2.45) is 5.92 Å². The van der Waals surface area contributed by atoms with E-state index in [1.54, 1.807) is 17.7 Å². The molecular weight excluding hydrogens is 423 g/mol. The van der Waals surface area contributed by atoms with Crippen LogP contribution in [0.15, 0.2) is 36.4 Å². The van der Waals surface area contributed by atoms with E-state index >= 15 is 0 Å². The predicted molar refractivity (Wildman–Crippen MR) is 122 cm³/mol. The van der Waals surface area contributed by atoms with E-state index in [4.69, 9.17) is 4.74 Å². The highest BCUT2D eigenvalue weighted by atomic mass is 19.1. The van der Waals surface area contributed by atoms with Crippen LogP contribution >= 0.6 is 0 Å². The Morgan fingerprint density at radius 1 is 1.15 bits per heavy atom. The van der Waals surface area contributed by atoms with E-state index in [1.165, 1.54) is 17.7 Å². The molecule has 2 aromatic carbocycles. The van der Waals surface area contributed by atoms with Crippen molar-refractivity contribution in [1.82, 2.24) is 9.88 Å². The number of aliphatic carboxylic acids is 1. The van der Waals surface area contributed by atoms with Crippen LogP contribution in [0.4, 0.5) is 4.39 Å². The first kappa shape index (κ1) is 21.5. The Morgan fingerprint density at radius 2 is 2.00 bits per heavy atom. The third-order valence-corrected chi connectivity index (χ3v) is 7.10. The number of carbonyl (C=O) groups is 2. The number of hydrogen-bond donors (Lipinski definition) is 2. The summed E-state index contributed by atoms with van der Waals surface area (Å²) in [6.45, 7) is -0.155. The number of fused-ring (bicyclic) bond motifs is 4. The first-order valence-corrected chi connectivity index (χ1v) is 11.4. The van der Waals surface area contributed by atoms with Gasteiger partial charge in [0.25, 0.3) is 0 Å². The van der Waals surface area contributed by atoms with E-state index < -0.39 is 5.97 Å². The zero-order chi connectivity index (χ0) is 23.1. The summed E-state index contributed by atoms with van der Waals surface area (Å²) in [5.74, 6) is -0.511. The van der Waals surface area contributed by atoms with Crippen LogP contribution in [-0.2, 0) is 41.8 Å². The fourth-order valence-corrected chi connectivity index (χ4v) is 5.55. The summed E-state index contributed by atoms with van der Waals surface area (Å²) in [4.78, 5) is 24.6. The van der Waals surface area contributed by atoms with Gasteiger partial charge in [-0.2, -0.15) is 0 Å². The van der Waals surface area contributed by atoms with Crippen LogP contribution in [0.5, 0.6) is 5.75 Å². The van der Waals surface area contributed by atoms with Crippen LogP contribution < -0.4 is 10.1 Å². The number of carbonyl (C=O) groups excluding carboxylic acids is 1. The highest BCUT2D eigenvalue weighted by Crippen LogP contribution is 2.35. The van der Waals surface area contributed by atoms with Gasteiger partial charge in [0.2, 0.25) is 5.91 Å². The molecule has 7 heteroatoms. The molecule has 1 amide bonds. The van der Waals surface area contributed by atoms with Crippen molar-refractivity contribution in [3.05, 3.63) is 64.6 Å². The molecule has 33 heavy (non-hydrogen) atoms. The molecule has 0 aliphatic heterocycles. The lowest BCUT2D eigenvalue weighted by Gasteiger charge is -2.29. The maximum Gasteiger partial charge on any atom is 0.323 e. The van der Waals surface area contributed by atoms with Gasteiger partial charge in [-0.1, -0.05) is 12.1 Å². The topological polar surface area (TPSA) is 80.6 Å². The molecule has 6 nitrogen and oxygen atoms in total. The van der Waals surface area contributed by atoms with Crippen LogP contribution in [0, 0.1) is 11.7 Å². The summed E-state index contributed by atoms with van der Waals surface area (Å²) in [6.07, 6.45) is 4.25. The number of aryl methyl sites for hydroxylation is 1. The summed E-state index contributed by atoms with van der Waals surface area (Å²) in [5, 5.41) is 13.3. The molecule has 0 bridgehead atoms. The molecule has 0 fully saturated rings. The second kappa shape index (κ2) is 8.54. The Bertz CT molecular complexity index is 1230.